The molecule has 1 aromatic carbocycles. The van der Waals surface area contributed by atoms with Gasteiger partial charge in [0.15, 0.2) is 0 Å². The molecule has 0 radical (unpaired) electrons. The van der Waals surface area contributed by atoms with E-state index in [9.17, 15) is 0 Å². The zero-order valence-corrected chi connectivity index (χ0v) is 13.7. The van der Waals surface area contributed by atoms with Gasteiger partial charge in [-0.1, -0.05) is 28.1 Å². The average Bonchev–Trinajstić information content (AvgIpc) is 2.87. The van der Waals surface area contributed by atoms with Crippen LogP contribution in [0.4, 0.5) is 0 Å². The zero-order chi connectivity index (χ0) is 14.2. The molecule has 112 valence electrons. The first kappa shape index (κ1) is 16.0. The maximum absolute atomic E-state index is 5.46. The summed E-state index contributed by atoms with van der Waals surface area (Å²) in [5.74, 6) is 0. The zero-order valence-electron chi connectivity index (χ0n) is 12.2. The van der Waals surface area contributed by atoms with Crippen LogP contribution in [0.1, 0.15) is 36.4 Å². The minimum atomic E-state index is 0.525. The third kappa shape index (κ3) is 4.55. The monoisotopic (exact) mass is 341 g/mol. The summed E-state index contributed by atoms with van der Waals surface area (Å²) in [4.78, 5) is 0. The van der Waals surface area contributed by atoms with Crippen LogP contribution in [0.5, 0.6) is 0 Å². The van der Waals surface area contributed by atoms with E-state index in [1.807, 2.05) is 0 Å². The van der Waals surface area contributed by atoms with Crippen molar-refractivity contribution in [1.82, 2.24) is 5.32 Å². The maximum atomic E-state index is 5.46. The predicted molar refractivity (Wildman–Crippen MR) is 85.1 cm³/mol. The molecule has 0 spiro atoms. The molecule has 1 aromatic rings. The smallest absolute Gasteiger partial charge is 0.0700 e. The third-order valence-corrected chi connectivity index (χ3v) is 4.49. The van der Waals surface area contributed by atoms with Crippen LogP contribution < -0.4 is 5.32 Å². The quantitative estimate of drug-likeness (QED) is 0.697. The predicted octanol–water partition coefficient (Wildman–Crippen LogP) is 3.47. The van der Waals surface area contributed by atoms with Crippen LogP contribution in [0.15, 0.2) is 22.7 Å². The van der Waals surface area contributed by atoms with Crippen LogP contribution in [0.2, 0.25) is 0 Å². The van der Waals surface area contributed by atoms with Gasteiger partial charge in [0, 0.05) is 24.2 Å². The van der Waals surface area contributed by atoms with Crippen LogP contribution in [-0.4, -0.2) is 33.5 Å². The van der Waals surface area contributed by atoms with E-state index in [4.69, 9.17) is 9.47 Å². The van der Waals surface area contributed by atoms with Crippen molar-refractivity contribution in [2.24, 2.45) is 0 Å². The summed E-state index contributed by atoms with van der Waals surface area (Å²) in [6, 6.07) is 7.04. The first-order chi connectivity index (χ1) is 9.83. The molecule has 1 N–H and O–H groups in total. The summed E-state index contributed by atoms with van der Waals surface area (Å²) in [5.41, 5.74) is 2.95. The molecule has 1 atom stereocenters. The Balaban J connectivity index is 1.61. The van der Waals surface area contributed by atoms with Crippen LogP contribution in [-0.2, 0) is 15.9 Å². The van der Waals surface area contributed by atoms with E-state index < -0.39 is 0 Å². The molecule has 0 aliphatic heterocycles. The molecule has 1 aliphatic carbocycles. The molecule has 0 saturated heterocycles. The largest absolute Gasteiger partial charge is 0.382 e. The Morgan fingerprint density at radius 3 is 3.00 bits per heavy atom. The number of benzene rings is 1. The summed E-state index contributed by atoms with van der Waals surface area (Å²) >= 11 is 3.64. The number of ether oxygens (including phenoxy) is 2. The van der Waals surface area contributed by atoms with E-state index in [0.29, 0.717) is 19.3 Å². The molecular formula is C16H24BrNO2. The molecule has 0 aromatic heterocycles. The van der Waals surface area contributed by atoms with Gasteiger partial charge in [-0.05, 0) is 49.4 Å². The van der Waals surface area contributed by atoms with Gasteiger partial charge in [0.1, 0.15) is 0 Å². The van der Waals surface area contributed by atoms with E-state index in [0.717, 1.165) is 26.0 Å². The first-order valence-corrected chi connectivity index (χ1v) is 8.19. The Morgan fingerprint density at radius 2 is 2.15 bits per heavy atom. The van der Waals surface area contributed by atoms with Crippen molar-refractivity contribution in [3.05, 3.63) is 33.8 Å². The Morgan fingerprint density at radius 1 is 1.25 bits per heavy atom. The summed E-state index contributed by atoms with van der Waals surface area (Å²) in [6.07, 6.45) is 4.65. The van der Waals surface area contributed by atoms with Gasteiger partial charge >= 0.3 is 0 Å². The summed E-state index contributed by atoms with van der Waals surface area (Å²) in [5, 5.41) is 3.67. The fraction of sp³-hybridized carbons (Fsp3) is 0.625. The lowest BCUT2D eigenvalue weighted by Gasteiger charge is -2.14. The van der Waals surface area contributed by atoms with Gasteiger partial charge in [0.2, 0.25) is 0 Å². The minimum Gasteiger partial charge on any atom is -0.382 e. The lowest BCUT2D eigenvalue weighted by Crippen LogP contribution is -2.20. The van der Waals surface area contributed by atoms with Crippen LogP contribution >= 0.6 is 15.9 Å². The number of hydrogen-bond acceptors (Lipinski definition) is 3. The highest BCUT2D eigenvalue weighted by atomic mass is 79.9. The van der Waals surface area contributed by atoms with Crippen molar-refractivity contribution >= 4 is 15.9 Å². The van der Waals surface area contributed by atoms with Gasteiger partial charge in [-0.2, -0.15) is 0 Å². The number of hydrogen-bond donors (Lipinski definition) is 1. The summed E-state index contributed by atoms with van der Waals surface area (Å²) < 4.78 is 11.7. The number of unbranched alkanes of at least 4 members (excludes halogenated alkanes) is 1. The Bertz CT molecular complexity index is 411. The lowest BCUT2D eigenvalue weighted by atomic mass is 10.1. The van der Waals surface area contributed by atoms with Crippen LogP contribution in [0.25, 0.3) is 0 Å². The number of rotatable bonds is 9. The van der Waals surface area contributed by atoms with Crippen LogP contribution in [0.3, 0.4) is 0 Å². The van der Waals surface area contributed by atoms with Gasteiger partial charge in [0.05, 0.1) is 13.2 Å². The highest BCUT2D eigenvalue weighted by molar-refractivity contribution is 9.10. The van der Waals surface area contributed by atoms with Gasteiger partial charge in [-0.15, -0.1) is 0 Å². The van der Waals surface area contributed by atoms with Crippen molar-refractivity contribution in [3.63, 3.8) is 0 Å². The van der Waals surface area contributed by atoms with Gasteiger partial charge in [-0.3, -0.25) is 0 Å². The normalized spacial score (nSPS) is 17.4. The van der Waals surface area contributed by atoms with E-state index >= 15 is 0 Å². The Kier molecular flexibility index (Phi) is 7.00. The molecule has 0 fully saturated rings. The standard InChI is InChI=1S/C16H24BrNO2/c1-19-11-12-20-10-3-2-9-18-16-8-7-13-14(16)5-4-6-15(13)17/h4-6,16,18H,2-3,7-12H2,1H3. The molecule has 0 bridgehead atoms. The third-order valence-electron chi connectivity index (χ3n) is 3.75. The van der Waals surface area contributed by atoms with Crippen LogP contribution in [0, 0.1) is 0 Å². The summed E-state index contributed by atoms with van der Waals surface area (Å²) in [7, 11) is 1.70. The lowest BCUT2D eigenvalue weighted by molar-refractivity contribution is 0.0687. The molecule has 4 heteroatoms. The maximum Gasteiger partial charge on any atom is 0.0700 e. The van der Waals surface area contributed by atoms with Crippen molar-refractivity contribution < 1.29 is 9.47 Å². The Hall–Kier alpha value is -0.420. The SMILES string of the molecule is COCCOCCCCNC1CCc2c(Br)cccc21. The van der Waals surface area contributed by atoms with Crippen molar-refractivity contribution in [2.45, 2.75) is 31.7 Å². The number of halogens is 1. The van der Waals surface area contributed by atoms with Crippen molar-refractivity contribution in [1.29, 1.82) is 0 Å². The van der Waals surface area contributed by atoms with Crippen molar-refractivity contribution in [2.75, 3.05) is 33.5 Å². The first-order valence-electron chi connectivity index (χ1n) is 7.40. The molecule has 0 heterocycles. The number of nitrogens with one attached hydrogen (secondary N) is 1. The van der Waals surface area contributed by atoms with Crippen molar-refractivity contribution in [3.8, 4) is 0 Å². The molecule has 3 nitrogen and oxygen atoms in total. The molecule has 20 heavy (non-hydrogen) atoms. The Labute approximate surface area is 130 Å². The second kappa shape index (κ2) is 8.78. The molecule has 0 amide bonds. The second-order valence-electron chi connectivity index (χ2n) is 5.17. The molecule has 1 aliphatic rings. The highest BCUT2D eigenvalue weighted by Gasteiger charge is 2.22. The summed E-state index contributed by atoms with van der Waals surface area (Å²) in [6.45, 7) is 3.28. The molecular weight excluding hydrogens is 318 g/mol. The fourth-order valence-corrected chi connectivity index (χ4v) is 3.25. The number of methoxy groups -OCH3 is 1. The van der Waals surface area contributed by atoms with E-state index in [-0.39, 0.29) is 0 Å². The van der Waals surface area contributed by atoms with E-state index in [1.54, 1.807) is 7.11 Å². The molecule has 0 saturated carbocycles. The average molecular weight is 342 g/mol. The highest BCUT2D eigenvalue weighted by Crippen LogP contribution is 2.35. The second-order valence-corrected chi connectivity index (χ2v) is 6.02. The van der Waals surface area contributed by atoms with E-state index in [1.165, 1.54) is 28.4 Å². The van der Waals surface area contributed by atoms with Gasteiger partial charge in [-0.25, -0.2) is 0 Å². The van der Waals surface area contributed by atoms with E-state index in [2.05, 4.69) is 39.4 Å². The van der Waals surface area contributed by atoms with Gasteiger partial charge < -0.3 is 14.8 Å². The minimum absolute atomic E-state index is 0.525. The molecule has 1 unspecified atom stereocenters. The van der Waals surface area contributed by atoms with Gasteiger partial charge in [0.25, 0.3) is 0 Å². The molecule has 2 rings (SSSR count). The number of fused-ring (bicyclic) bond motifs is 1. The topological polar surface area (TPSA) is 30.5 Å². The fourth-order valence-electron chi connectivity index (χ4n) is 2.67.